The monoisotopic (exact) mass is 223 g/mol. The van der Waals surface area contributed by atoms with Crippen molar-refractivity contribution in [1.29, 1.82) is 0 Å². The molecule has 0 radical (unpaired) electrons. The Labute approximate surface area is 95.5 Å². The average molecular weight is 223 g/mol. The summed E-state index contributed by atoms with van der Waals surface area (Å²) in [6, 6.07) is 7.07. The molecule has 1 aromatic carbocycles. The fourth-order valence-electron chi connectivity index (χ4n) is 1.49. The van der Waals surface area contributed by atoms with Gasteiger partial charge in [-0.15, -0.1) is 0 Å². The van der Waals surface area contributed by atoms with E-state index in [1.807, 2.05) is 0 Å². The average Bonchev–Trinajstić information content (AvgIpc) is 2.27. The minimum absolute atomic E-state index is 0.718. The quantitative estimate of drug-likeness (QED) is 0.841. The lowest BCUT2D eigenvalue weighted by molar-refractivity contribution is -0.149. The van der Waals surface area contributed by atoms with Gasteiger partial charge in [0.05, 0.1) is 7.11 Å². The smallest absolute Gasteiger partial charge is 0.328 e. The zero-order valence-electron chi connectivity index (χ0n) is 10.0. The Bertz CT molecular complexity index is 372. The Morgan fingerprint density at radius 2 is 1.81 bits per heavy atom. The van der Waals surface area contributed by atoms with Crippen LogP contribution >= 0.6 is 0 Å². The fraction of sp³-hybridized carbons (Fsp3) is 0.417. The highest BCUT2D eigenvalue weighted by molar-refractivity contribution is 5.80. The highest BCUT2D eigenvalue weighted by Crippen LogP contribution is 2.27. The van der Waals surface area contributed by atoms with Crippen molar-refractivity contribution in [1.82, 2.24) is 4.90 Å². The lowest BCUT2D eigenvalue weighted by Gasteiger charge is -2.32. The van der Waals surface area contributed by atoms with Gasteiger partial charge in [-0.05, 0) is 38.7 Å². The van der Waals surface area contributed by atoms with Crippen LogP contribution in [0.2, 0.25) is 0 Å². The molecule has 0 aromatic heterocycles. The Balaban J connectivity index is 3.17. The SMILES string of the molecule is COc1ccc(C(C)(C(=O)O)N(C)C)cc1. The number of carbonyl (C=O) groups is 1. The van der Waals surface area contributed by atoms with E-state index < -0.39 is 11.5 Å². The molecule has 0 bridgehead atoms. The predicted octanol–water partition coefficient (Wildman–Crippen LogP) is 1.56. The maximum Gasteiger partial charge on any atom is 0.328 e. The van der Waals surface area contributed by atoms with E-state index in [1.54, 1.807) is 57.3 Å². The van der Waals surface area contributed by atoms with Crippen LogP contribution in [0.1, 0.15) is 12.5 Å². The molecule has 0 spiro atoms. The van der Waals surface area contributed by atoms with Crippen LogP contribution in [0.4, 0.5) is 0 Å². The molecule has 0 aliphatic rings. The lowest BCUT2D eigenvalue weighted by Crippen LogP contribution is -2.45. The van der Waals surface area contributed by atoms with Crippen molar-refractivity contribution in [3.63, 3.8) is 0 Å². The van der Waals surface area contributed by atoms with E-state index in [4.69, 9.17) is 4.74 Å². The number of likely N-dealkylation sites (N-methyl/N-ethyl adjacent to an activating group) is 1. The van der Waals surface area contributed by atoms with E-state index in [0.29, 0.717) is 0 Å². The number of hydrogen-bond donors (Lipinski definition) is 1. The van der Waals surface area contributed by atoms with Crippen LogP contribution in [-0.2, 0) is 10.3 Å². The van der Waals surface area contributed by atoms with Gasteiger partial charge in [0, 0.05) is 0 Å². The molecule has 88 valence electrons. The van der Waals surface area contributed by atoms with Crippen molar-refractivity contribution < 1.29 is 14.6 Å². The summed E-state index contributed by atoms with van der Waals surface area (Å²) in [5, 5.41) is 9.31. The maximum atomic E-state index is 11.3. The zero-order valence-corrected chi connectivity index (χ0v) is 10.0. The molecule has 0 aliphatic carbocycles. The molecule has 0 saturated heterocycles. The molecule has 1 atom stereocenters. The van der Waals surface area contributed by atoms with Gasteiger partial charge in [0.15, 0.2) is 0 Å². The zero-order chi connectivity index (χ0) is 12.3. The number of carboxylic acids is 1. The van der Waals surface area contributed by atoms with E-state index in [0.717, 1.165) is 11.3 Å². The van der Waals surface area contributed by atoms with Crippen LogP contribution in [0.25, 0.3) is 0 Å². The van der Waals surface area contributed by atoms with Gasteiger partial charge < -0.3 is 9.84 Å². The summed E-state index contributed by atoms with van der Waals surface area (Å²) in [5.74, 6) is -0.155. The van der Waals surface area contributed by atoms with Gasteiger partial charge in [-0.3, -0.25) is 4.90 Å². The predicted molar refractivity (Wildman–Crippen MR) is 61.7 cm³/mol. The normalized spacial score (nSPS) is 14.6. The summed E-state index contributed by atoms with van der Waals surface area (Å²) in [5.41, 5.74) is -0.294. The molecule has 4 heteroatoms. The lowest BCUT2D eigenvalue weighted by atomic mass is 9.91. The molecule has 16 heavy (non-hydrogen) atoms. The number of carboxylic acid groups (broad SMARTS) is 1. The molecule has 1 rings (SSSR count). The molecule has 0 fully saturated rings. The molecule has 1 unspecified atom stereocenters. The largest absolute Gasteiger partial charge is 0.497 e. The molecule has 0 aliphatic heterocycles. The van der Waals surface area contributed by atoms with Gasteiger partial charge in [-0.25, -0.2) is 4.79 Å². The summed E-state index contributed by atoms with van der Waals surface area (Å²) in [4.78, 5) is 13.0. The Morgan fingerprint density at radius 1 is 1.31 bits per heavy atom. The number of benzene rings is 1. The number of nitrogens with zero attached hydrogens (tertiary/aromatic N) is 1. The van der Waals surface area contributed by atoms with Gasteiger partial charge in [0.2, 0.25) is 0 Å². The standard InChI is InChI=1S/C12H17NO3/c1-12(11(14)15,13(2)3)9-5-7-10(16-4)8-6-9/h5-8H,1-4H3,(H,14,15). The molecule has 0 amide bonds. The van der Waals surface area contributed by atoms with E-state index in [9.17, 15) is 9.90 Å². The summed E-state index contributed by atoms with van der Waals surface area (Å²) < 4.78 is 5.04. The van der Waals surface area contributed by atoms with Gasteiger partial charge in [0.25, 0.3) is 0 Å². The first-order valence-corrected chi connectivity index (χ1v) is 4.98. The number of methoxy groups -OCH3 is 1. The first-order valence-electron chi connectivity index (χ1n) is 4.98. The first-order chi connectivity index (χ1) is 7.42. The molecule has 0 saturated carbocycles. The number of rotatable bonds is 4. The van der Waals surface area contributed by atoms with Crippen molar-refractivity contribution in [2.75, 3.05) is 21.2 Å². The Morgan fingerprint density at radius 3 is 2.12 bits per heavy atom. The number of hydrogen-bond acceptors (Lipinski definition) is 3. The Kier molecular flexibility index (Phi) is 3.55. The van der Waals surface area contributed by atoms with E-state index >= 15 is 0 Å². The highest BCUT2D eigenvalue weighted by Gasteiger charge is 2.37. The van der Waals surface area contributed by atoms with Crippen molar-refractivity contribution in [2.24, 2.45) is 0 Å². The maximum absolute atomic E-state index is 11.3. The molecule has 1 aromatic rings. The second-order valence-corrected chi connectivity index (χ2v) is 4.00. The van der Waals surface area contributed by atoms with Crippen LogP contribution in [0.3, 0.4) is 0 Å². The highest BCUT2D eigenvalue weighted by atomic mass is 16.5. The molecular weight excluding hydrogens is 206 g/mol. The number of ether oxygens (including phenoxy) is 1. The summed E-state index contributed by atoms with van der Waals surface area (Å²) in [6.45, 7) is 1.68. The third-order valence-corrected chi connectivity index (χ3v) is 2.96. The summed E-state index contributed by atoms with van der Waals surface area (Å²) in [6.07, 6.45) is 0. The Hall–Kier alpha value is -1.55. The van der Waals surface area contributed by atoms with E-state index in [1.165, 1.54) is 0 Å². The van der Waals surface area contributed by atoms with Crippen molar-refractivity contribution in [3.05, 3.63) is 29.8 Å². The summed E-state index contributed by atoms with van der Waals surface area (Å²) >= 11 is 0. The van der Waals surface area contributed by atoms with Crippen molar-refractivity contribution in [3.8, 4) is 5.75 Å². The first kappa shape index (κ1) is 12.5. The topological polar surface area (TPSA) is 49.8 Å². The molecule has 4 nitrogen and oxygen atoms in total. The molecular formula is C12H17NO3. The molecule has 0 heterocycles. The second-order valence-electron chi connectivity index (χ2n) is 4.00. The van der Waals surface area contributed by atoms with Crippen LogP contribution in [0, 0.1) is 0 Å². The fourth-order valence-corrected chi connectivity index (χ4v) is 1.49. The minimum atomic E-state index is -1.02. The van der Waals surface area contributed by atoms with Crippen LogP contribution < -0.4 is 4.74 Å². The molecule has 1 N–H and O–H groups in total. The summed E-state index contributed by atoms with van der Waals surface area (Å²) in [7, 11) is 5.08. The number of aliphatic carboxylic acids is 1. The van der Waals surface area contributed by atoms with Gasteiger partial charge in [-0.1, -0.05) is 12.1 Å². The van der Waals surface area contributed by atoms with Crippen molar-refractivity contribution in [2.45, 2.75) is 12.5 Å². The van der Waals surface area contributed by atoms with Gasteiger partial charge in [0.1, 0.15) is 11.3 Å². The van der Waals surface area contributed by atoms with E-state index in [2.05, 4.69) is 0 Å². The van der Waals surface area contributed by atoms with Crippen LogP contribution in [-0.4, -0.2) is 37.2 Å². The van der Waals surface area contributed by atoms with Gasteiger partial charge in [-0.2, -0.15) is 0 Å². The minimum Gasteiger partial charge on any atom is -0.497 e. The second kappa shape index (κ2) is 4.53. The van der Waals surface area contributed by atoms with Crippen LogP contribution in [0.5, 0.6) is 5.75 Å². The van der Waals surface area contributed by atoms with Crippen LogP contribution in [0.15, 0.2) is 24.3 Å². The third-order valence-electron chi connectivity index (χ3n) is 2.96. The van der Waals surface area contributed by atoms with Crippen molar-refractivity contribution >= 4 is 5.97 Å². The third kappa shape index (κ3) is 2.02. The van der Waals surface area contributed by atoms with E-state index in [-0.39, 0.29) is 0 Å². The van der Waals surface area contributed by atoms with Gasteiger partial charge >= 0.3 is 5.97 Å².